The molecule has 1 amide bonds. The minimum absolute atomic E-state index is 0.243. The quantitative estimate of drug-likeness (QED) is 0.877. The monoisotopic (exact) mass is 357 g/mol. The molecular weight excluding hydrogens is 330 g/mol. The van der Waals surface area contributed by atoms with Crippen LogP contribution in [0.1, 0.15) is 45.2 Å². The number of nitrogens with zero attached hydrogens (tertiary/aromatic N) is 3. The summed E-state index contributed by atoms with van der Waals surface area (Å²) in [5.74, 6) is 0.293. The molecule has 6 nitrogen and oxygen atoms in total. The van der Waals surface area contributed by atoms with Gasteiger partial charge in [0, 0.05) is 24.8 Å². The molecule has 140 valence electrons. The molecule has 1 aromatic heterocycles. The summed E-state index contributed by atoms with van der Waals surface area (Å²) in [5, 5.41) is 14.4. The van der Waals surface area contributed by atoms with Crippen LogP contribution in [0.2, 0.25) is 0 Å². The topological polar surface area (TPSA) is 67.6 Å². The maximum atomic E-state index is 12.2. The Morgan fingerprint density at radius 1 is 1.23 bits per heavy atom. The predicted octanol–water partition coefficient (Wildman–Crippen LogP) is 4.14. The largest absolute Gasteiger partial charge is 0.508 e. The van der Waals surface area contributed by atoms with E-state index in [1.807, 2.05) is 56.9 Å². The van der Waals surface area contributed by atoms with Gasteiger partial charge in [0.1, 0.15) is 11.4 Å². The van der Waals surface area contributed by atoms with E-state index >= 15 is 0 Å². The van der Waals surface area contributed by atoms with Crippen LogP contribution in [0.4, 0.5) is 4.79 Å². The lowest BCUT2D eigenvalue weighted by atomic mass is 10.0. The number of hydrogen-bond acceptors (Lipinski definition) is 4. The zero-order valence-corrected chi connectivity index (χ0v) is 15.9. The third-order valence-electron chi connectivity index (χ3n) is 4.63. The van der Waals surface area contributed by atoms with Gasteiger partial charge in [0.2, 0.25) is 0 Å². The van der Waals surface area contributed by atoms with Gasteiger partial charge in [-0.2, -0.15) is 5.10 Å². The lowest BCUT2D eigenvalue weighted by Crippen LogP contribution is -2.42. The van der Waals surface area contributed by atoms with E-state index < -0.39 is 5.60 Å². The number of amides is 1. The molecule has 0 spiro atoms. The smallest absolute Gasteiger partial charge is 0.410 e. The van der Waals surface area contributed by atoms with E-state index in [1.165, 1.54) is 0 Å². The van der Waals surface area contributed by atoms with Crippen LogP contribution in [-0.2, 0) is 4.74 Å². The van der Waals surface area contributed by atoms with Gasteiger partial charge in [-0.3, -0.25) is 4.68 Å². The molecule has 2 aromatic rings. The van der Waals surface area contributed by atoms with Crippen molar-refractivity contribution in [3.63, 3.8) is 0 Å². The van der Waals surface area contributed by atoms with Crippen LogP contribution in [0.25, 0.3) is 11.1 Å². The van der Waals surface area contributed by atoms with E-state index in [1.54, 1.807) is 11.0 Å². The zero-order valence-electron chi connectivity index (χ0n) is 15.9. The fourth-order valence-corrected chi connectivity index (χ4v) is 3.12. The number of aromatic nitrogens is 2. The van der Waals surface area contributed by atoms with Crippen molar-refractivity contribution in [2.24, 2.45) is 0 Å². The first kappa shape index (κ1) is 18.3. The van der Waals surface area contributed by atoms with Gasteiger partial charge in [0.25, 0.3) is 0 Å². The number of phenolic OH excluding ortho intramolecular Hbond substituents is 1. The molecular formula is C20H27N3O3. The minimum Gasteiger partial charge on any atom is -0.508 e. The zero-order chi connectivity index (χ0) is 18.9. The third kappa shape index (κ3) is 4.18. The van der Waals surface area contributed by atoms with Crippen molar-refractivity contribution in [1.82, 2.24) is 14.7 Å². The summed E-state index contributed by atoms with van der Waals surface area (Å²) in [6.07, 6.45) is 5.29. The Hall–Kier alpha value is -2.50. The van der Waals surface area contributed by atoms with Crippen LogP contribution in [0, 0.1) is 6.92 Å². The van der Waals surface area contributed by atoms with Gasteiger partial charge in [0.05, 0.1) is 12.2 Å². The van der Waals surface area contributed by atoms with Crippen molar-refractivity contribution in [3.8, 4) is 16.9 Å². The van der Waals surface area contributed by atoms with E-state index in [2.05, 4.69) is 5.10 Å². The molecule has 0 aliphatic carbocycles. The molecule has 6 heteroatoms. The van der Waals surface area contributed by atoms with Crippen molar-refractivity contribution in [2.75, 3.05) is 13.1 Å². The first-order chi connectivity index (χ1) is 12.2. The highest BCUT2D eigenvalue weighted by molar-refractivity contribution is 5.68. The Kier molecular flexibility index (Phi) is 4.94. The SMILES string of the molecule is Cc1ccc(-c2cnn(C3CCN(C(=O)OC(C)(C)C)CC3)c2)cc1O. The van der Waals surface area contributed by atoms with Gasteiger partial charge < -0.3 is 14.7 Å². The molecule has 0 unspecified atom stereocenters. The molecule has 0 radical (unpaired) electrons. The fourth-order valence-electron chi connectivity index (χ4n) is 3.12. The van der Waals surface area contributed by atoms with Crippen LogP contribution in [0.3, 0.4) is 0 Å². The van der Waals surface area contributed by atoms with Gasteiger partial charge in [-0.25, -0.2) is 4.79 Å². The second-order valence-corrected chi connectivity index (χ2v) is 7.91. The lowest BCUT2D eigenvalue weighted by molar-refractivity contribution is 0.0185. The summed E-state index contributed by atoms with van der Waals surface area (Å²) in [7, 11) is 0. The average Bonchev–Trinajstić information content (AvgIpc) is 3.06. The first-order valence-corrected chi connectivity index (χ1v) is 9.05. The number of carbonyl (C=O) groups excluding carboxylic acids is 1. The second-order valence-electron chi connectivity index (χ2n) is 7.91. The Labute approximate surface area is 154 Å². The predicted molar refractivity (Wildman–Crippen MR) is 100 cm³/mol. The van der Waals surface area contributed by atoms with Gasteiger partial charge in [-0.15, -0.1) is 0 Å². The molecule has 0 saturated carbocycles. The highest BCUT2D eigenvalue weighted by Crippen LogP contribution is 2.28. The molecule has 2 heterocycles. The second kappa shape index (κ2) is 7.02. The highest BCUT2D eigenvalue weighted by atomic mass is 16.6. The number of ether oxygens (including phenoxy) is 1. The molecule has 1 saturated heterocycles. The Morgan fingerprint density at radius 2 is 1.92 bits per heavy atom. The number of likely N-dealkylation sites (tertiary alicyclic amines) is 1. The summed E-state index contributed by atoms with van der Waals surface area (Å²) in [6.45, 7) is 8.85. The molecule has 0 bridgehead atoms. The third-order valence-corrected chi connectivity index (χ3v) is 4.63. The number of rotatable bonds is 2. The lowest BCUT2D eigenvalue weighted by Gasteiger charge is -2.33. The normalized spacial score (nSPS) is 15.9. The van der Waals surface area contributed by atoms with E-state index in [0.29, 0.717) is 18.8 Å². The van der Waals surface area contributed by atoms with Gasteiger partial charge >= 0.3 is 6.09 Å². The summed E-state index contributed by atoms with van der Waals surface area (Å²) < 4.78 is 7.41. The van der Waals surface area contributed by atoms with Crippen molar-refractivity contribution in [2.45, 2.75) is 52.2 Å². The van der Waals surface area contributed by atoms with Crippen LogP contribution in [0.5, 0.6) is 5.75 Å². The number of phenols is 1. The van der Waals surface area contributed by atoms with Crippen molar-refractivity contribution in [1.29, 1.82) is 0 Å². The van der Waals surface area contributed by atoms with Gasteiger partial charge in [-0.1, -0.05) is 12.1 Å². The van der Waals surface area contributed by atoms with Crippen LogP contribution in [-0.4, -0.2) is 44.6 Å². The number of piperidine rings is 1. The Bertz CT molecular complexity index is 784. The molecule has 1 aliphatic rings. The van der Waals surface area contributed by atoms with Crippen molar-refractivity contribution < 1.29 is 14.6 Å². The maximum Gasteiger partial charge on any atom is 0.410 e. The van der Waals surface area contributed by atoms with Gasteiger partial charge in [0.15, 0.2) is 0 Å². The van der Waals surface area contributed by atoms with Crippen LogP contribution < -0.4 is 0 Å². The van der Waals surface area contributed by atoms with Crippen LogP contribution >= 0.6 is 0 Å². The number of benzene rings is 1. The average molecular weight is 357 g/mol. The molecule has 1 aliphatic heterocycles. The summed E-state index contributed by atoms with van der Waals surface area (Å²) >= 11 is 0. The molecule has 1 N–H and O–H groups in total. The maximum absolute atomic E-state index is 12.2. The highest BCUT2D eigenvalue weighted by Gasteiger charge is 2.27. The van der Waals surface area contributed by atoms with E-state index in [9.17, 15) is 9.90 Å². The van der Waals surface area contributed by atoms with E-state index in [-0.39, 0.29) is 12.1 Å². The molecule has 1 fully saturated rings. The van der Waals surface area contributed by atoms with Crippen molar-refractivity contribution >= 4 is 6.09 Å². The van der Waals surface area contributed by atoms with E-state index in [0.717, 1.165) is 29.5 Å². The van der Waals surface area contributed by atoms with E-state index in [4.69, 9.17) is 4.74 Å². The van der Waals surface area contributed by atoms with Crippen LogP contribution in [0.15, 0.2) is 30.6 Å². The van der Waals surface area contributed by atoms with Gasteiger partial charge in [-0.05, 0) is 57.7 Å². The number of aromatic hydroxyl groups is 1. The Morgan fingerprint density at radius 3 is 2.54 bits per heavy atom. The Balaban J connectivity index is 1.63. The number of aryl methyl sites for hydroxylation is 1. The molecule has 0 atom stereocenters. The number of carbonyl (C=O) groups is 1. The standard InChI is InChI=1S/C20H27N3O3/c1-14-5-6-15(11-18(14)24)16-12-21-23(13-16)17-7-9-22(10-8-17)19(25)26-20(2,3)4/h5-6,11-13,17,24H,7-10H2,1-4H3. The summed E-state index contributed by atoms with van der Waals surface area (Å²) in [6, 6.07) is 5.92. The molecule has 26 heavy (non-hydrogen) atoms. The fraction of sp³-hybridized carbons (Fsp3) is 0.500. The molecule has 1 aromatic carbocycles. The summed E-state index contributed by atoms with van der Waals surface area (Å²) in [5.41, 5.74) is 2.32. The first-order valence-electron chi connectivity index (χ1n) is 9.05. The summed E-state index contributed by atoms with van der Waals surface area (Å²) in [4.78, 5) is 13.9. The molecule has 3 rings (SSSR count). The van der Waals surface area contributed by atoms with Crippen molar-refractivity contribution in [3.05, 3.63) is 36.2 Å². The number of hydrogen-bond donors (Lipinski definition) is 1. The minimum atomic E-state index is -0.468.